The zero-order valence-corrected chi connectivity index (χ0v) is 16.1. The highest BCUT2D eigenvalue weighted by Gasteiger charge is 1.93. The lowest BCUT2D eigenvalue weighted by molar-refractivity contribution is 0.536. The average molecular weight is 325 g/mol. The Morgan fingerprint density at radius 3 is 1.61 bits per heavy atom. The molecule has 0 aromatic heterocycles. The molecule has 0 aromatic rings. The van der Waals surface area contributed by atoms with Crippen molar-refractivity contribution >= 4 is 0 Å². The van der Waals surface area contributed by atoms with Gasteiger partial charge in [-0.3, -0.25) is 0 Å². The van der Waals surface area contributed by atoms with Crippen molar-refractivity contribution in [3.05, 3.63) is 12.3 Å². The Hall–Kier alpha value is -0.500. The van der Waals surface area contributed by atoms with Crippen molar-refractivity contribution < 1.29 is 0 Å². The van der Waals surface area contributed by atoms with Gasteiger partial charge in [0.15, 0.2) is 0 Å². The summed E-state index contributed by atoms with van der Waals surface area (Å²) in [5, 5.41) is 3.23. The highest BCUT2D eigenvalue weighted by molar-refractivity contribution is 4.80. The summed E-state index contributed by atoms with van der Waals surface area (Å²) in [5.41, 5.74) is 5.67. The first-order valence-electron chi connectivity index (χ1n) is 10.4. The first kappa shape index (κ1) is 22.5. The summed E-state index contributed by atoms with van der Waals surface area (Å²) in [6.45, 7) is 5.18. The van der Waals surface area contributed by atoms with E-state index in [1.165, 1.54) is 96.3 Å². The molecule has 1 atom stereocenters. The Bertz CT molecular complexity index is 236. The van der Waals surface area contributed by atoms with Crippen molar-refractivity contribution in [3.63, 3.8) is 0 Å². The van der Waals surface area contributed by atoms with E-state index in [-0.39, 0.29) is 6.04 Å². The number of allylic oxidation sites excluding steroid dienone is 1. The molecule has 3 N–H and O–H groups in total. The molecule has 1 unspecified atom stereocenters. The molecule has 23 heavy (non-hydrogen) atoms. The van der Waals surface area contributed by atoms with E-state index < -0.39 is 0 Å². The van der Waals surface area contributed by atoms with Crippen LogP contribution in [0.25, 0.3) is 0 Å². The van der Waals surface area contributed by atoms with Crippen LogP contribution >= 0.6 is 0 Å². The molecular formula is C21H44N2. The summed E-state index contributed by atoms with van der Waals surface area (Å²) in [4.78, 5) is 0. The molecule has 2 nitrogen and oxygen atoms in total. The summed E-state index contributed by atoms with van der Waals surface area (Å²) >= 11 is 0. The van der Waals surface area contributed by atoms with E-state index >= 15 is 0 Å². The van der Waals surface area contributed by atoms with Gasteiger partial charge in [0.05, 0.1) is 0 Å². The van der Waals surface area contributed by atoms with Crippen molar-refractivity contribution in [2.24, 2.45) is 5.73 Å². The monoisotopic (exact) mass is 324 g/mol. The second-order valence-electron chi connectivity index (χ2n) is 7.17. The number of nitrogens with two attached hydrogens (primary N) is 1. The van der Waals surface area contributed by atoms with Crippen LogP contribution in [0.1, 0.15) is 110 Å². The summed E-state index contributed by atoms with van der Waals surface area (Å²) < 4.78 is 0. The lowest BCUT2D eigenvalue weighted by Gasteiger charge is -2.04. The number of nitrogens with one attached hydrogen (secondary N) is 1. The van der Waals surface area contributed by atoms with Crippen molar-refractivity contribution in [2.75, 3.05) is 6.54 Å². The van der Waals surface area contributed by atoms with Gasteiger partial charge in [-0.25, -0.2) is 0 Å². The van der Waals surface area contributed by atoms with Crippen LogP contribution in [0, 0.1) is 0 Å². The second-order valence-corrected chi connectivity index (χ2v) is 7.17. The Balaban J connectivity index is 3.02. The van der Waals surface area contributed by atoms with Crippen LogP contribution in [-0.2, 0) is 0 Å². The van der Waals surface area contributed by atoms with E-state index in [0.717, 1.165) is 6.54 Å². The molecule has 138 valence electrons. The lowest BCUT2D eigenvalue weighted by Crippen LogP contribution is -2.27. The van der Waals surface area contributed by atoms with Crippen LogP contribution in [0.2, 0.25) is 0 Å². The van der Waals surface area contributed by atoms with E-state index in [9.17, 15) is 0 Å². The second kappa shape index (κ2) is 19.5. The number of rotatable bonds is 18. The standard InChI is InChI=1S/C21H44N2/c1-3-4-5-6-7-8-9-10-11-12-13-14-15-16-17-18-19-23-20-21(2)22/h18-19,21,23H,3-17,20,22H2,1-2H3. The largest absolute Gasteiger partial charge is 0.390 e. The number of hydrogen-bond donors (Lipinski definition) is 2. The van der Waals surface area contributed by atoms with Gasteiger partial charge in [0, 0.05) is 12.6 Å². The maximum Gasteiger partial charge on any atom is 0.0290 e. The lowest BCUT2D eigenvalue weighted by atomic mass is 10.0. The third kappa shape index (κ3) is 21.5. The minimum Gasteiger partial charge on any atom is -0.390 e. The molecule has 0 radical (unpaired) electrons. The molecule has 0 bridgehead atoms. The fraction of sp³-hybridized carbons (Fsp3) is 0.905. The Labute approximate surface area is 146 Å². The summed E-state index contributed by atoms with van der Waals surface area (Å²) in [5.74, 6) is 0. The zero-order valence-electron chi connectivity index (χ0n) is 16.1. The molecule has 0 rings (SSSR count). The average Bonchev–Trinajstić information content (AvgIpc) is 2.53. The summed E-state index contributed by atoms with van der Waals surface area (Å²) in [6.07, 6.45) is 25.5. The van der Waals surface area contributed by atoms with Crippen molar-refractivity contribution in [2.45, 2.75) is 116 Å². The maximum atomic E-state index is 5.67. The van der Waals surface area contributed by atoms with Crippen LogP contribution in [0.15, 0.2) is 12.3 Å². The SMILES string of the molecule is CCCCCCCCCCCCCCCCC=CNCC(C)N. The van der Waals surface area contributed by atoms with E-state index in [0.29, 0.717) is 0 Å². The van der Waals surface area contributed by atoms with Gasteiger partial charge in [0.2, 0.25) is 0 Å². The number of unbranched alkanes of at least 4 members (excludes halogenated alkanes) is 14. The normalized spacial score (nSPS) is 12.8. The Kier molecular flexibility index (Phi) is 19.1. The molecule has 0 heterocycles. The molecule has 0 aliphatic heterocycles. The third-order valence-electron chi connectivity index (χ3n) is 4.40. The van der Waals surface area contributed by atoms with Crippen molar-refractivity contribution in [1.82, 2.24) is 5.32 Å². The van der Waals surface area contributed by atoms with Gasteiger partial charge in [-0.15, -0.1) is 0 Å². The molecule has 0 saturated heterocycles. The van der Waals surface area contributed by atoms with Gasteiger partial charge >= 0.3 is 0 Å². The van der Waals surface area contributed by atoms with E-state index in [1.54, 1.807) is 0 Å². The fourth-order valence-electron chi connectivity index (χ4n) is 2.88. The smallest absolute Gasteiger partial charge is 0.0290 e. The molecule has 2 heteroatoms. The predicted molar refractivity (Wildman–Crippen MR) is 106 cm³/mol. The molecule has 0 aromatic carbocycles. The van der Waals surface area contributed by atoms with Crippen LogP contribution in [0.5, 0.6) is 0 Å². The third-order valence-corrected chi connectivity index (χ3v) is 4.40. The van der Waals surface area contributed by atoms with Crippen molar-refractivity contribution in [3.8, 4) is 0 Å². The van der Waals surface area contributed by atoms with E-state index in [2.05, 4.69) is 24.5 Å². The van der Waals surface area contributed by atoms with Crippen LogP contribution in [0.4, 0.5) is 0 Å². The van der Waals surface area contributed by atoms with Crippen LogP contribution in [-0.4, -0.2) is 12.6 Å². The van der Waals surface area contributed by atoms with Gasteiger partial charge < -0.3 is 11.1 Å². The molecule has 0 aliphatic rings. The first-order chi connectivity index (χ1) is 11.3. The highest BCUT2D eigenvalue weighted by atomic mass is 14.9. The summed E-state index contributed by atoms with van der Waals surface area (Å²) in [7, 11) is 0. The minimum atomic E-state index is 0.237. The van der Waals surface area contributed by atoms with Gasteiger partial charge in [0.1, 0.15) is 0 Å². The maximum absolute atomic E-state index is 5.67. The Morgan fingerprint density at radius 2 is 1.17 bits per heavy atom. The summed E-state index contributed by atoms with van der Waals surface area (Å²) in [6, 6.07) is 0.237. The predicted octanol–water partition coefficient (Wildman–Crippen LogP) is 6.31. The quantitative estimate of drug-likeness (QED) is 0.290. The molecule has 0 saturated carbocycles. The first-order valence-corrected chi connectivity index (χ1v) is 10.4. The topological polar surface area (TPSA) is 38.0 Å². The zero-order chi connectivity index (χ0) is 17.0. The molecule has 0 fully saturated rings. The van der Waals surface area contributed by atoms with E-state index in [1.807, 2.05) is 6.92 Å². The van der Waals surface area contributed by atoms with Gasteiger partial charge in [-0.05, 0) is 26.0 Å². The van der Waals surface area contributed by atoms with Gasteiger partial charge in [-0.2, -0.15) is 0 Å². The fourth-order valence-corrected chi connectivity index (χ4v) is 2.88. The highest BCUT2D eigenvalue weighted by Crippen LogP contribution is 2.13. The minimum absolute atomic E-state index is 0.237. The van der Waals surface area contributed by atoms with Crippen LogP contribution in [0.3, 0.4) is 0 Å². The molecule has 0 spiro atoms. The van der Waals surface area contributed by atoms with Crippen molar-refractivity contribution in [1.29, 1.82) is 0 Å². The van der Waals surface area contributed by atoms with E-state index in [4.69, 9.17) is 5.73 Å². The molecule has 0 amide bonds. The number of hydrogen-bond acceptors (Lipinski definition) is 2. The molecular weight excluding hydrogens is 280 g/mol. The van der Waals surface area contributed by atoms with Gasteiger partial charge in [0.25, 0.3) is 0 Å². The van der Waals surface area contributed by atoms with Crippen LogP contribution < -0.4 is 11.1 Å². The Morgan fingerprint density at radius 1 is 0.739 bits per heavy atom. The molecule has 0 aliphatic carbocycles. The van der Waals surface area contributed by atoms with Gasteiger partial charge in [-0.1, -0.05) is 96.5 Å².